The van der Waals surface area contributed by atoms with Gasteiger partial charge in [0.1, 0.15) is 18.2 Å². The Labute approximate surface area is 164 Å². The maximum absolute atomic E-state index is 5.89. The number of hydrogen-bond acceptors (Lipinski definition) is 5. The van der Waals surface area contributed by atoms with E-state index in [2.05, 4.69) is 27.5 Å². The SMILES string of the molecule is CCCCNc1ccnc(Nc2ccc(OCc3ccc(Cl)cc3)cc2)n1. The summed E-state index contributed by atoms with van der Waals surface area (Å²) in [5.74, 6) is 2.18. The Morgan fingerprint density at radius 1 is 1.00 bits per heavy atom. The Hall–Kier alpha value is -2.79. The molecule has 0 unspecified atom stereocenters. The Kier molecular flexibility index (Phi) is 6.88. The molecule has 2 N–H and O–H groups in total. The number of nitrogens with one attached hydrogen (secondary N) is 2. The quantitative estimate of drug-likeness (QED) is 0.467. The number of rotatable bonds is 9. The van der Waals surface area contributed by atoms with Gasteiger partial charge in [0.25, 0.3) is 0 Å². The number of nitrogens with zero attached hydrogens (tertiary/aromatic N) is 2. The summed E-state index contributed by atoms with van der Waals surface area (Å²) in [5, 5.41) is 7.23. The first-order valence-electron chi connectivity index (χ1n) is 9.04. The summed E-state index contributed by atoms with van der Waals surface area (Å²) in [5.41, 5.74) is 1.97. The second-order valence-corrected chi connectivity index (χ2v) is 6.55. The fraction of sp³-hybridized carbons (Fsp3) is 0.238. The van der Waals surface area contributed by atoms with Crippen LogP contribution in [0, 0.1) is 0 Å². The van der Waals surface area contributed by atoms with Crippen LogP contribution in [-0.4, -0.2) is 16.5 Å². The van der Waals surface area contributed by atoms with Crippen molar-refractivity contribution in [2.75, 3.05) is 17.2 Å². The van der Waals surface area contributed by atoms with E-state index in [-0.39, 0.29) is 0 Å². The molecular weight excluding hydrogens is 360 g/mol. The lowest BCUT2D eigenvalue weighted by Gasteiger charge is -2.10. The lowest BCUT2D eigenvalue weighted by atomic mass is 10.2. The molecule has 1 heterocycles. The molecule has 0 bridgehead atoms. The number of anilines is 3. The van der Waals surface area contributed by atoms with E-state index in [9.17, 15) is 0 Å². The molecule has 0 saturated heterocycles. The van der Waals surface area contributed by atoms with Crippen LogP contribution >= 0.6 is 11.6 Å². The van der Waals surface area contributed by atoms with Gasteiger partial charge in [-0.15, -0.1) is 0 Å². The third-order valence-corrected chi connectivity index (χ3v) is 4.17. The molecule has 0 saturated carbocycles. The molecule has 27 heavy (non-hydrogen) atoms. The van der Waals surface area contributed by atoms with Gasteiger partial charge in [-0.3, -0.25) is 0 Å². The highest BCUT2D eigenvalue weighted by Crippen LogP contribution is 2.20. The summed E-state index contributed by atoms with van der Waals surface area (Å²) in [6.45, 7) is 3.57. The molecular formula is C21H23ClN4O. The highest BCUT2D eigenvalue weighted by molar-refractivity contribution is 6.30. The number of hydrogen-bond donors (Lipinski definition) is 2. The van der Waals surface area contributed by atoms with Crippen LogP contribution in [0.15, 0.2) is 60.8 Å². The van der Waals surface area contributed by atoms with Crippen molar-refractivity contribution >= 4 is 29.1 Å². The zero-order valence-electron chi connectivity index (χ0n) is 15.3. The molecule has 3 aromatic rings. The van der Waals surface area contributed by atoms with Gasteiger partial charge in [0.2, 0.25) is 5.95 Å². The normalized spacial score (nSPS) is 10.4. The largest absolute Gasteiger partial charge is 0.489 e. The maximum atomic E-state index is 5.89. The molecule has 5 nitrogen and oxygen atoms in total. The van der Waals surface area contributed by atoms with Crippen LogP contribution in [0.25, 0.3) is 0 Å². The first kappa shape index (κ1) is 19.0. The maximum Gasteiger partial charge on any atom is 0.229 e. The van der Waals surface area contributed by atoms with Crippen molar-refractivity contribution in [2.24, 2.45) is 0 Å². The van der Waals surface area contributed by atoms with Gasteiger partial charge in [-0.25, -0.2) is 4.98 Å². The number of unbranched alkanes of at least 4 members (excludes halogenated alkanes) is 1. The van der Waals surface area contributed by atoms with E-state index < -0.39 is 0 Å². The number of aromatic nitrogens is 2. The number of halogens is 1. The minimum Gasteiger partial charge on any atom is -0.489 e. The molecule has 2 aromatic carbocycles. The molecule has 0 aliphatic heterocycles. The van der Waals surface area contributed by atoms with Crippen LogP contribution in [0.5, 0.6) is 5.75 Å². The van der Waals surface area contributed by atoms with Gasteiger partial charge in [0.15, 0.2) is 0 Å². The molecule has 0 spiro atoms. The van der Waals surface area contributed by atoms with Crippen molar-refractivity contribution in [1.29, 1.82) is 0 Å². The number of benzene rings is 2. The Morgan fingerprint density at radius 3 is 2.52 bits per heavy atom. The van der Waals surface area contributed by atoms with Crippen molar-refractivity contribution in [3.63, 3.8) is 0 Å². The van der Waals surface area contributed by atoms with Gasteiger partial charge in [0, 0.05) is 23.5 Å². The van der Waals surface area contributed by atoms with E-state index in [1.807, 2.05) is 54.6 Å². The molecule has 0 aliphatic carbocycles. The van der Waals surface area contributed by atoms with Crippen LogP contribution in [0.2, 0.25) is 5.02 Å². The zero-order valence-corrected chi connectivity index (χ0v) is 16.0. The summed E-state index contributed by atoms with van der Waals surface area (Å²) in [4.78, 5) is 8.73. The summed E-state index contributed by atoms with van der Waals surface area (Å²) in [7, 11) is 0. The fourth-order valence-electron chi connectivity index (χ4n) is 2.42. The van der Waals surface area contributed by atoms with E-state index in [0.717, 1.165) is 47.2 Å². The predicted octanol–water partition coefficient (Wildman–Crippen LogP) is 5.66. The zero-order chi connectivity index (χ0) is 18.9. The van der Waals surface area contributed by atoms with E-state index in [4.69, 9.17) is 16.3 Å². The van der Waals surface area contributed by atoms with Crippen molar-refractivity contribution < 1.29 is 4.74 Å². The molecule has 3 rings (SSSR count). The summed E-state index contributed by atoms with van der Waals surface area (Å²) in [6, 6.07) is 17.2. The topological polar surface area (TPSA) is 59.1 Å². The Balaban J connectivity index is 1.54. The van der Waals surface area contributed by atoms with Crippen LogP contribution in [0.1, 0.15) is 25.3 Å². The van der Waals surface area contributed by atoms with Crippen LogP contribution in [0.3, 0.4) is 0 Å². The van der Waals surface area contributed by atoms with Crippen molar-refractivity contribution in [3.8, 4) is 5.75 Å². The molecule has 0 atom stereocenters. The standard InChI is InChI=1S/C21H23ClN4O/c1-2-3-13-23-20-12-14-24-21(26-20)25-18-8-10-19(11-9-18)27-15-16-4-6-17(22)7-5-16/h4-12,14H,2-3,13,15H2,1H3,(H2,23,24,25,26). The van der Waals surface area contributed by atoms with E-state index in [0.29, 0.717) is 12.6 Å². The van der Waals surface area contributed by atoms with E-state index in [1.165, 1.54) is 0 Å². The van der Waals surface area contributed by atoms with Crippen molar-refractivity contribution in [1.82, 2.24) is 9.97 Å². The third kappa shape index (κ3) is 6.15. The minimum atomic E-state index is 0.499. The van der Waals surface area contributed by atoms with Gasteiger partial charge in [-0.1, -0.05) is 37.1 Å². The minimum absolute atomic E-state index is 0.499. The van der Waals surface area contributed by atoms with Crippen molar-refractivity contribution in [3.05, 3.63) is 71.4 Å². The van der Waals surface area contributed by atoms with Crippen LogP contribution in [0.4, 0.5) is 17.5 Å². The average Bonchev–Trinajstić information content (AvgIpc) is 2.69. The second-order valence-electron chi connectivity index (χ2n) is 6.11. The lowest BCUT2D eigenvalue weighted by molar-refractivity contribution is 0.306. The fourth-order valence-corrected chi connectivity index (χ4v) is 2.55. The molecule has 140 valence electrons. The van der Waals surface area contributed by atoms with Gasteiger partial charge >= 0.3 is 0 Å². The first-order chi connectivity index (χ1) is 13.2. The van der Waals surface area contributed by atoms with Gasteiger partial charge in [-0.05, 0) is 54.4 Å². The van der Waals surface area contributed by atoms with Crippen molar-refractivity contribution in [2.45, 2.75) is 26.4 Å². The molecule has 0 fully saturated rings. The molecule has 0 radical (unpaired) electrons. The Morgan fingerprint density at radius 2 is 1.78 bits per heavy atom. The summed E-state index contributed by atoms with van der Waals surface area (Å²) < 4.78 is 5.80. The smallest absolute Gasteiger partial charge is 0.229 e. The summed E-state index contributed by atoms with van der Waals surface area (Å²) in [6.07, 6.45) is 4.01. The average molecular weight is 383 g/mol. The first-order valence-corrected chi connectivity index (χ1v) is 9.42. The van der Waals surface area contributed by atoms with E-state index in [1.54, 1.807) is 6.20 Å². The molecule has 1 aromatic heterocycles. The van der Waals surface area contributed by atoms with E-state index >= 15 is 0 Å². The molecule has 0 amide bonds. The summed E-state index contributed by atoms with van der Waals surface area (Å²) >= 11 is 5.89. The second kappa shape index (κ2) is 9.78. The van der Waals surface area contributed by atoms with Gasteiger partial charge < -0.3 is 15.4 Å². The van der Waals surface area contributed by atoms with Crippen LogP contribution in [-0.2, 0) is 6.61 Å². The third-order valence-electron chi connectivity index (χ3n) is 3.92. The molecule has 0 aliphatic rings. The predicted molar refractivity (Wildman–Crippen MR) is 111 cm³/mol. The van der Waals surface area contributed by atoms with Gasteiger partial charge in [-0.2, -0.15) is 4.98 Å². The monoisotopic (exact) mass is 382 g/mol. The highest BCUT2D eigenvalue weighted by Gasteiger charge is 2.02. The Bertz CT molecular complexity index is 838. The highest BCUT2D eigenvalue weighted by atomic mass is 35.5. The lowest BCUT2D eigenvalue weighted by Crippen LogP contribution is -2.05. The van der Waals surface area contributed by atoms with Crippen LogP contribution < -0.4 is 15.4 Å². The van der Waals surface area contributed by atoms with Gasteiger partial charge in [0.05, 0.1) is 0 Å². The molecule has 6 heteroatoms. The number of ether oxygens (including phenoxy) is 1.